The number of halogens is 1. The van der Waals surface area contributed by atoms with Crippen molar-refractivity contribution in [2.24, 2.45) is 0 Å². The van der Waals surface area contributed by atoms with E-state index in [1.165, 1.54) is 0 Å². The van der Waals surface area contributed by atoms with E-state index in [4.69, 9.17) is 0 Å². The normalized spacial score (nSPS) is 14.6. The highest BCUT2D eigenvalue weighted by Gasteiger charge is 2.11. The van der Waals surface area contributed by atoms with Crippen LogP contribution in [0.2, 0.25) is 0 Å². The van der Waals surface area contributed by atoms with Crippen LogP contribution in [0.25, 0.3) is 0 Å². The van der Waals surface area contributed by atoms with Crippen molar-refractivity contribution in [2.75, 3.05) is 0 Å². The van der Waals surface area contributed by atoms with Crippen LogP contribution in [0, 0.1) is 0 Å². The zero-order chi connectivity index (χ0) is 8.55. The number of carbonyl (C=O) groups excluding carboxylic acids is 1. The summed E-state index contributed by atoms with van der Waals surface area (Å²) in [6.07, 6.45) is 4.40. The molecule has 2 heteroatoms. The summed E-state index contributed by atoms with van der Waals surface area (Å²) in [5.74, 6) is 0.115. The van der Waals surface area contributed by atoms with Crippen LogP contribution in [-0.4, -0.2) is 5.78 Å². The third-order valence-electron chi connectivity index (χ3n) is 1.94. The van der Waals surface area contributed by atoms with Gasteiger partial charge in [-0.1, -0.05) is 22.0 Å². The van der Waals surface area contributed by atoms with Crippen molar-refractivity contribution in [3.63, 3.8) is 0 Å². The summed E-state index contributed by atoms with van der Waals surface area (Å²) in [5.41, 5.74) is 1.94. The van der Waals surface area contributed by atoms with E-state index in [1.54, 1.807) is 6.08 Å². The van der Waals surface area contributed by atoms with Gasteiger partial charge >= 0.3 is 0 Å². The molecule has 0 spiro atoms. The molecule has 0 aliphatic heterocycles. The van der Waals surface area contributed by atoms with Gasteiger partial charge in [-0.2, -0.15) is 0 Å². The minimum absolute atomic E-state index is 0.115. The minimum atomic E-state index is 0.115. The second kappa shape index (κ2) is 2.87. The van der Waals surface area contributed by atoms with Gasteiger partial charge in [0, 0.05) is 10.0 Å². The number of allylic oxidation sites excluding steroid dienone is 2. The van der Waals surface area contributed by atoms with Crippen LogP contribution in [0.1, 0.15) is 15.9 Å². The molecule has 0 heterocycles. The van der Waals surface area contributed by atoms with E-state index in [2.05, 4.69) is 15.9 Å². The maximum Gasteiger partial charge on any atom is 0.185 e. The zero-order valence-electron chi connectivity index (χ0n) is 6.38. The van der Waals surface area contributed by atoms with Crippen LogP contribution in [-0.2, 0) is 6.42 Å². The number of hydrogen-bond acceptors (Lipinski definition) is 1. The molecule has 0 bridgehead atoms. The lowest BCUT2D eigenvalue weighted by Gasteiger charge is -2.09. The fourth-order valence-corrected chi connectivity index (χ4v) is 1.76. The molecule has 1 aromatic carbocycles. The Labute approximate surface area is 79.2 Å². The number of fused-ring (bicyclic) bond motifs is 1. The van der Waals surface area contributed by atoms with Gasteiger partial charge in [0.1, 0.15) is 0 Å². The van der Waals surface area contributed by atoms with Gasteiger partial charge in [-0.3, -0.25) is 4.79 Å². The zero-order valence-corrected chi connectivity index (χ0v) is 7.97. The Bertz CT molecular complexity index is 366. The quantitative estimate of drug-likeness (QED) is 0.660. The van der Waals surface area contributed by atoms with Crippen LogP contribution in [0.3, 0.4) is 0 Å². The van der Waals surface area contributed by atoms with E-state index >= 15 is 0 Å². The Hall–Kier alpha value is -0.890. The van der Waals surface area contributed by atoms with Crippen molar-refractivity contribution in [1.29, 1.82) is 0 Å². The first-order valence-electron chi connectivity index (χ1n) is 3.76. The van der Waals surface area contributed by atoms with E-state index in [0.717, 1.165) is 22.0 Å². The highest BCUT2D eigenvalue weighted by atomic mass is 79.9. The molecule has 0 atom stereocenters. The average molecular weight is 223 g/mol. The van der Waals surface area contributed by atoms with E-state index in [9.17, 15) is 4.79 Å². The first-order chi connectivity index (χ1) is 5.77. The van der Waals surface area contributed by atoms with Crippen molar-refractivity contribution in [3.8, 4) is 0 Å². The summed E-state index contributed by atoms with van der Waals surface area (Å²) in [4.78, 5) is 11.3. The Morgan fingerprint density at radius 2 is 2.17 bits per heavy atom. The third-order valence-corrected chi connectivity index (χ3v) is 2.43. The Morgan fingerprint density at radius 1 is 1.33 bits per heavy atom. The molecule has 0 radical (unpaired) electrons. The molecule has 1 aliphatic rings. The molecule has 0 amide bonds. The summed E-state index contributed by atoms with van der Waals surface area (Å²) < 4.78 is 1.03. The van der Waals surface area contributed by atoms with Crippen molar-refractivity contribution >= 4 is 21.7 Å². The van der Waals surface area contributed by atoms with Gasteiger partial charge in [0.15, 0.2) is 5.78 Å². The van der Waals surface area contributed by atoms with E-state index in [0.29, 0.717) is 0 Å². The molecule has 0 fully saturated rings. The van der Waals surface area contributed by atoms with E-state index < -0.39 is 0 Å². The molecule has 12 heavy (non-hydrogen) atoms. The van der Waals surface area contributed by atoms with Gasteiger partial charge in [-0.15, -0.1) is 0 Å². The molecular weight excluding hydrogens is 216 g/mol. The highest BCUT2D eigenvalue weighted by Crippen LogP contribution is 2.20. The lowest BCUT2D eigenvalue weighted by atomic mass is 9.96. The van der Waals surface area contributed by atoms with Gasteiger partial charge in [-0.25, -0.2) is 0 Å². The van der Waals surface area contributed by atoms with E-state index in [-0.39, 0.29) is 5.78 Å². The maximum atomic E-state index is 11.3. The van der Waals surface area contributed by atoms with Gasteiger partial charge in [0.25, 0.3) is 0 Å². The van der Waals surface area contributed by atoms with Gasteiger partial charge in [-0.05, 0) is 36.3 Å². The average Bonchev–Trinajstić information content (AvgIpc) is 2.04. The number of hydrogen-bond donors (Lipinski definition) is 0. The lowest BCUT2D eigenvalue weighted by Crippen LogP contribution is -2.04. The third kappa shape index (κ3) is 1.23. The number of carbonyl (C=O) groups is 1. The van der Waals surface area contributed by atoms with Crippen molar-refractivity contribution in [2.45, 2.75) is 6.42 Å². The SMILES string of the molecule is O=C1C=CCc2cc(Br)ccc21. The summed E-state index contributed by atoms with van der Waals surface area (Å²) in [5, 5.41) is 0. The molecule has 60 valence electrons. The number of benzene rings is 1. The standard InChI is InChI=1S/C10H7BrO/c11-8-4-5-9-7(6-8)2-1-3-10(9)12/h1,3-6H,2H2. The van der Waals surface area contributed by atoms with Crippen molar-refractivity contribution < 1.29 is 4.79 Å². The van der Waals surface area contributed by atoms with Crippen molar-refractivity contribution in [1.82, 2.24) is 0 Å². The molecule has 0 N–H and O–H groups in total. The van der Waals surface area contributed by atoms with Crippen LogP contribution in [0.5, 0.6) is 0 Å². The number of ketones is 1. The molecule has 0 saturated carbocycles. The monoisotopic (exact) mass is 222 g/mol. The summed E-state index contributed by atoms with van der Waals surface area (Å²) in [7, 11) is 0. The van der Waals surface area contributed by atoms with Gasteiger partial charge < -0.3 is 0 Å². The maximum absolute atomic E-state index is 11.3. The Kier molecular flexibility index (Phi) is 1.85. The summed E-state index contributed by atoms with van der Waals surface area (Å²) in [6.45, 7) is 0. The van der Waals surface area contributed by atoms with Crippen LogP contribution < -0.4 is 0 Å². The molecule has 2 rings (SSSR count). The molecule has 1 nitrogen and oxygen atoms in total. The smallest absolute Gasteiger partial charge is 0.185 e. The number of rotatable bonds is 0. The second-order valence-corrected chi connectivity index (χ2v) is 3.69. The van der Waals surface area contributed by atoms with Crippen molar-refractivity contribution in [3.05, 3.63) is 46.0 Å². The summed E-state index contributed by atoms with van der Waals surface area (Å²) >= 11 is 3.37. The van der Waals surface area contributed by atoms with Gasteiger partial charge in [0.05, 0.1) is 0 Å². The second-order valence-electron chi connectivity index (χ2n) is 2.77. The molecule has 0 aromatic heterocycles. The molecule has 0 unspecified atom stereocenters. The fraction of sp³-hybridized carbons (Fsp3) is 0.100. The molecular formula is C10H7BrO. The largest absolute Gasteiger partial charge is 0.289 e. The highest BCUT2D eigenvalue weighted by molar-refractivity contribution is 9.10. The first-order valence-corrected chi connectivity index (χ1v) is 4.56. The summed E-state index contributed by atoms with van der Waals surface area (Å²) in [6, 6.07) is 5.76. The first kappa shape index (κ1) is 7.74. The lowest BCUT2D eigenvalue weighted by molar-refractivity contribution is 0.104. The topological polar surface area (TPSA) is 17.1 Å². The van der Waals surface area contributed by atoms with E-state index in [1.807, 2.05) is 24.3 Å². The fourth-order valence-electron chi connectivity index (χ4n) is 1.35. The Balaban J connectivity index is 2.58. The van der Waals surface area contributed by atoms with Gasteiger partial charge in [0.2, 0.25) is 0 Å². The van der Waals surface area contributed by atoms with Crippen LogP contribution >= 0.6 is 15.9 Å². The molecule has 0 saturated heterocycles. The predicted molar refractivity (Wildman–Crippen MR) is 51.3 cm³/mol. The predicted octanol–water partition coefficient (Wildman–Crippen LogP) is 2.74. The molecule has 1 aromatic rings. The molecule has 1 aliphatic carbocycles. The Morgan fingerprint density at radius 3 is 3.00 bits per heavy atom. The minimum Gasteiger partial charge on any atom is -0.289 e. The van der Waals surface area contributed by atoms with Crippen LogP contribution in [0.15, 0.2) is 34.8 Å². The van der Waals surface area contributed by atoms with Crippen LogP contribution in [0.4, 0.5) is 0 Å².